The van der Waals surface area contributed by atoms with Gasteiger partial charge >= 0.3 is 5.97 Å². The molecule has 1 aromatic carbocycles. The number of cyclic esters (lactones) is 1. The molecule has 1 fully saturated rings. The van der Waals surface area contributed by atoms with E-state index in [9.17, 15) is 4.79 Å². The highest BCUT2D eigenvalue weighted by Gasteiger charge is 2.22. The second-order valence-corrected chi connectivity index (χ2v) is 4.90. The standard InChI is InChI=1S/C11H8Br2O2/c12-8-3-1-2-7(6-8)10(13)9-4-5-15-11(9)14/h1-3,6H,4-5H2/b10-9-. The summed E-state index contributed by atoms with van der Waals surface area (Å²) in [5.74, 6) is -0.221. The molecule has 1 heterocycles. The van der Waals surface area contributed by atoms with Crippen molar-refractivity contribution in [3.63, 3.8) is 0 Å². The van der Waals surface area contributed by atoms with Crippen LogP contribution < -0.4 is 0 Å². The Morgan fingerprint density at radius 2 is 2.20 bits per heavy atom. The molecule has 15 heavy (non-hydrogen) atoms. The van der Waals surface area contributed by atoms with Crippen molar-refractivity contribution in [3.8, 4) is 0 Å². The highest BCUT2D eigenvalue weighted by atomic mass is 79.9. The largest absolute Gasteiger partial charge is 0.462 e. The molecule has 0 aliphatic carbocycles. The Labute approximate surface area is 105 Å². The van der Waals surface area contributed by atoms with Gasteiger partial charge in [-0.1, -0.05) is 28.1 Å². The fourth-order valence-corrected chi connectivity index (χ4v) is 2.44. The lowest BCUT2D eigenvalue weighted by atomic mass is 10.1. The van der Waals surface area contributed by atoms with Crippen molar-refractivity contribution in [1.82, 2.24) is 0 Å². The fourth-order valence-electron chi connectivity index (χ4n) is 1.43. The van der Waals surface area contributed by atoms with Crippen molar-refractivity contribution in [2.45, 2.75) is 6.42 Å². The Morgan fingerprint density at radius 3 is 2.80 bits per heavy atom. The van der Waals surface area contributed by atoms with E-state index in [-0.39, 0.29) is 5.97 Å². The highest BCUT2D eigenvalue weighted by molar-refractivity contribution is 9.15. The normalized spacial score (nSPS) is 18.9. The molecule has 0 radical (unpaired) electrons. The smallest absolute Gasteiger partial charge is 0.335 e. The van der Waals surface area contributed by atoms with Crippen molar-refractivity contribution in [3.05, 3.63) is 39.9 Å². The summed E-state index contributed by atoms with van der Waals surface area (Å²) in [6.07, 6.45) is 0.673. The molecule has 0 N–H and O–H groups in total. The van der Waals surface area contributed by atoms with Crippen LogP contribution in [0.2, 0.25) is 0 Å². The number of halogens is 2. The van der Waals surface area contributed by atoms with Crippen LogP contribution in [0.1, 0.15) is 12.0 Å². The molecular weight excluding hydrogens is 324 g/mol. The first-order valence-electron chi connectivity index (χ1n) is 4.50. The van der Waals surface area contributed by atoms with E-state index in [1.54, 1.807) is 0 Å². The number of ether oxygens (including phenoxy) is 1. The first-order valence-corrected chi connectivity index (χ1v) is 6.09. The molecule has 0 aromatic heterocycles. The predicted molar refractivity (Wildman–Crippen MR) is 65.6 cm³/mol. The molecule has 1 aliphatic rings. The number of carbonyl (C=O) groups excluding carboxylic acids is 1. The number of carbonyl (C=O) groups is 1. The molecule has 0 bridgehead atoms. The van der Waals surface area contributed by atoms with Crippen LogP contribution in [0.5, 0.6) is 0 Å². The summed E-state index contributed by atoms with van der Waals surface area (Å²) in [4.78, 5) is 11.4. The third-order valence-electron chi connectivity index (χ3n) is 2.17. The maximum Gasteiger partial charge on any atom is 0.335 e. The van der Waals surface area contributed by atoms with E-state index in [2.05, 4.69) is 31.9 Å². The van der Waals surface area contributed by atoms with Gasteiger partial charge in [0, 0.05) is 15.4 Å². The second kappa shape index (κ2) is 4.49. The second-order valence-electron chi connectivity index (χ2n) is 3.19. The van der Waals surface area contributed by atoms with E-state index >= 15 is 0 Å². The molecule has 0 amide bonds. The molecule has 0 spiro atoms. The van der Waals surface area contributed by atoms with E-state index in [0.29, 0.717) is 18.6 Å². The number of benzene rings is 1. The molecule has 1 aromatic rings. The molecular formula is C11H8Br2O2. The number of hydrogen-bond donors (Lipinski definition) is 0. The van der Waals surface area contributed by atoms with E-state index in [1.165, 1.54) is 0 Å². The average Bonchev–Trinajstić information content (AvgIpc) is 2.63. The van der Waals surface area contributed by atoms with Gasteiger partial charge in [-0.3, -0.25) is 0 Å². The molecule has 1 aliphatic heterocycles. The highest BCUT2D eigenvalue weighted by Crippen LogP contribution is 2.31. The summed E-state index contributed by atoms with van der Waals surface area (Å²) in [6.45, 7) is 0.483. The van der Waals surface area contributed by atoms with Crippen LogP contribution >= 0.6 is 31.9 Å². The third-order valence-corrected chi connectivity index (χ3v) is 3.60. The minimum atomic E-state index is -0.221. The lowest BCUT2D eigenvalue weighted by Crippen LogP contribution is -1.96. The van der Waals surface area contributed by atoms with E-state index in [1.807, 2.05) is 24.3 Å². The summed E-state index contributed by atoms with van der Waals surface area (Å²) < 4.78 is 6.71. The Kier molecular flexibility index (Phi) is 3.26. The van der Waals surface area contributed by atoms with Crippen molar-refractivity contribution >= 4 is 42.3 Å². The number of rotatable bonds is 1. The van der Waals surface area contributed by atoms with Crippen LogP contribution in [-0.2, 0) is 9.53 Å². The van der Waals surface area contributed by atoms with Crippen molar-refractivity contribution in [2.24, 2.45) is 0 Å². The number of hydrogen-bond acceptors (Lipinski definition) is 2. The monoisotopic (exact) mass is 330 g/mol. The van der Waals surface area contributed by atoms with Gasteiger partial charge in [0.15, 0.2) is 0 Å². The van der Waals surface area contributed by atoms with Gasteiger partial charge in [-0.2, -0.15) is 0 Å². The Hall–Kier alpha value is -0.610. The van der Waals surface area contributed by atoms with Crippen LogP contribution in [0.3, 0.4) is 0 Å². The lowest BCUT2D eigenvalue weighted by Gasteiger charge is -2.02. The average molecular weight is 332 g/mol. The molecule has 1 saturated heterocycles. The van der Waals surface area contributed by atoms with Gasteiger partial charge in [-0.25, -0.2) is 4.79 Å². The fraction of sp³-hybridized carbons (Fsp3) is 0.182. The van der Waals surface area contributed by atoms with E-state index in [0.717, 1.165) is 14.5 Å². The SMILES string of the molecule is O=C1OCC/C1=C(/Br)c1cccc(Br)c1. The van der Waals surface area contributed by atoms with Crippen LogP contribution in [0.15, 0.2) is 34.3 Å². The maximum absolute atomic E-state index is 11.4. The molecule has 2 rings (SSSR count). The summed E-state index contributed by atoms with van der Waals surface area (Å²) in [6, 6.07) is 7.79. The predicted octanol–water partition coefficient (Wildman–Crippen LogP) is 3.50. The number of esters is 1. The van der Waals surface area contributed by atoms with Crippen LogP contribution in [0.25, 0.3) is 4.48 Å². The lowest BCUT2D eigenvalue weighted by molar-refractivity contribution is -0.134. The molecule has 78 valence electrons. The Balaban J connectivity index is 2.42. The molecule has 0 atom stereocenters. The van der Waals surface area contributed by atoms with Gasteiger partial charge in [0.25, 0.3) is 0 Å². The first kappa shape index (κ1) is 10.9. The summed E-state index contributed by atoms with van der Waals surface area (Å²) in [7, 11) is 0. The van der Waals surface area contributed by atoms with Gasteiger partial charge in [0.1, 0.15) is 0 Å². The summed E-state index contributed by atoms with van der Waals surface area (Å²) in [5.41, 5.74) is 1.70. The van der Waals surface area contributed by atoms with Crippen LogP contribution in [-0.4, -0.2) is 12.6 Å². The molecule has 2 nitrogen and oxygen atoms in total. The Morgan fingerprint density at radius 1 is 1.40 bits per heavy atom. The van der Waals surface area contributed by atoms with Crippen molar-refractivity contribution < 1.29 is 9.53 Å². The minimum absolute atomic E-state index is 0.221. The van der Waals surface area contributed by atoms with Crippen LogP contribution in [0.4, 0.5) is 0 Å². The van der Waals surface area contributed by atoms with Crippen molar-refractivity contribution in [2.75, 3.05) is 6.61 Å². The quantitative estimate of drug-likeness (QED) is 0.581. The first-order chi connectivity index (χ1) is 7.18. The van der Waals surface area contributed by atoms with Gasteiger partial charge < -0.3 is 4.74 Å². The van der Waals surface area contributed by atoms with Gasteiger partial charge in [0.05, 0.1) is 12.2 Å². The van der Waals surface area contributed by atoms with Gasteiger partial charge in [-0.05, 0) is 33.6 Å². The maximum atomic E-state index is 11.4. The van der Waals surface area contributed by atoms with E-state index in [4.69, 9.17) is 4.74 Å². The van der Waals surface area contributed by atoms with Crippen molar-refractivity contribution in [1.29, 1.82) is 0 Å². The van der Waals surface area contributed by atoms with E-state index < -0.39 is 0 Å². The van der Waals surface area contributed by atoms with Gasteiger partial charge in [0.2, 0.25) is 0 Å². The van der Waals surface area contributed by atoms with Crippen LogP contribution in [0, 0.1) is 0 Å². The third kappa shape index (κ3) is 2.32. The zero-order valence-electron chi connectivity index (χ0n) is 7.80. The molecule has 0 saturated carbocycles. The minimum Gasteiger partial charge on any atom is -0.462 e. The summed E-state index contributed by atoms with van der Waals surface area (Å²) in [5, 5.41) is 0. The summed E-state index contributed by atoms with van der Waals surface area (Å²) >= 11 is 6.84. The topological polar surface area (TPSA) is 26.3 Å². The Bertz CT molecular complexity index is 438. The zero-order chi connectivity index (χ0) is 10.8. The van der Waals surface area contributed by atoms with Gasteiger partial charge in [-0.15, -0.1) is 0 Å². The molecule has 4 heteroatoms. The zero-order valence-corrected chi connectivity index (χ0v) is 11.0. The molecule has 0 unspecified atom stereocenters.